The molecule has 3 nitrogen and oxygen atoms in total. The molecule has 0 fully saturated rings. The van der Waals surface area contributed by atoms with Crippen LogP contribution < -0.4 is 0 Å². The van der Waals surface area contributed by atoms with E-state index < -0.39 is 18.1 Å². The molecule has 1 heterocycles. The lowest BCUT2D eigenvalue weighted by atomic mass is 9.96. The lowest BCUT2D eigenvalue weighted by molar-refractivity contribution is -0.299. The fourth-order valence-corrected chi connectivity index (χ4v) is 1.21. The van der Waals surface area contributed by atoms with E-state index in [9.17, 15) is 13.9 Å². The minimum atomic E-state index is -4.18. The molecule has 0 saturated heterocycles. The molecule has 1 aromatic rings. The van der Waals surface area contributed by atoms with E-state index in [-0.39, 0.29) is 5.02 Å². The molecule has 0 aliphatic heterocycles. The molecule has 0 aliphatic carbocycles. The highest BCUT2D eigenvalue weighted by atomic mass is 35.5. The molecule has 1 rings (SSSR count). The summed E-state index contributed by atoms with van der Waals surface area (Å²) in [6.07, 6.45) is -1.99. The molecule has 1 atom stereocenters. The van der Waals surface area contributed by atoms with E-state index in [4.69, 9.17) is 16.7 Å². The van der Waals surface area contributed by atoms with Crippen LogP contribution in [0.1, 0.15) is 12.5 Å². The van der Waals surface area contributed by atoms with Crippen molar-refractivity contribution in [1.82, 2.24) is 4.98 Å². The van der Waals surface area contributed by atoms with E-state index in [1.165, 1.54) is 18.5 Å². The monoisotopic (exact) mass is 237 g/mol. The molecule has 0 saturated carbocycles. The smallest absolute Gasteiger partial charge is 0.381 e. The van der Waals surface area contributed by atoms with Gasteiger partial charge in [0.1, 0.15) is 0 Å². The third-order valence-electron chi connectivity index (χ3n) is 2.04. The predicted octanol–water partition coefficient (Wildman–Crippen LogP) is 1.61. The van der Waals surface area contributed by atoms with Crippen LogP contribution in [0.25, 0.3) is 0 Å². The molecule has 15 heavy (non-hydrogen) atoms. The van der Waals surface area contributed by atoms with Crippen LogP contribution in [-0.2, 0) is 6.42 Å². The summed E-state index contributed by atoms with van der Waals surface area (Å²) in [6.45, 7) is 0.837. The van der Waals surface area contributed by atoms with Crippen LogP contribution in [0.15, 0.2) is 18.5 Å². The number of aromatic nitrogens is 1. The van der Waals surface area contributed by atoms with Gasteiger partial charge in [0.15, 0.2) is 5.60 Å². The van der Waals surface area contributed by atoms with Crippen molar-refractivity contribution in [2.45, 2.75) is 25.1 Å². The lowest BCUT2D eigenvalue weighted by Crippen LogP contribution is -2.47. The largest absolute Gasteiger partial charge is 0.381 e. The van der Waals surface area contributed by atoms with Gasteiger partial charge in [-0.15, -0.1) is 0 Å². The first kappa shape index (κ1) is 12.3. The molecule has 6 heteroatoms. The van der Waals surface area contributed by atoms with Crippen LogP contribution in [-0.4, -0.2) is 26.9 Å². The van der Waals surface area contributed by atoms with E-state index >= 15 is 0 Å². The third-order valence-corrected chi connectivity index (χ3v) is 2.38. The molecule has 84 valence electrons. The highest BCUT2D eigenvalue weighted by molar-refractivity contribution is 6.31. The number of halogens is 3. The van der Waals surface area contributed by atoms with E-state index in [1.807, 2.05) is 0 Å². The van der Waals surface area contributed by atoms with Gasteiger partial charge in [0.2, 0.25) is 0 Å². The topological polar surface area (TPSA) is 53.4 Å². The standard InChI is InChI=1S/C9H10ClF2NO2/c1-8(14,9(11,12)15)4-6-2-3-13-5-7(6)10/h2-3,5,14-15H,4H2,1H3. The molecular formula is C9H10ClF2NO2. The Morgan fingerprint density at radius 3 is 2.53 bits per heavy atom. The Bertz CT molecular complexity index is 352. The minimum absolute atomic E-state index is 0.169. The lowest BCUT2D eigenvalue weighted by Gasteiger charge is -2.28. The van der Waals surface area contributed by atoms with Crippen molar-refractivity contribution in [2.75, 3.05) is 0 Å². The van der Waals surface area contributed by atoms with Crippen LogP contribution in [0.5, 0.6) is 0 Å². The summed E-state index contributed by atoms with van der Waals surface area (Å²) in [5, 5.41) is 18.0. The van der Waals surface area contributed by atoms with Gasteiger partial charge in [0, 0.05) is 18.8 Å². The average Bonchev–Trinajstić information content (AvgIpc) is 2.06. The number of nitrogens with zero attached hydrogens (tertiary/aromatic N) is 1. The molecule has 2 N–H and O–H groups in total. The number of hydrogen-bond donors (Lipinski definition) is 2. The number of alkyl halides is 2. The average molecular weight is 238 g/mol. The SMILES string of the molecule is CC(O)(Cc1ccncc1Cl)C(O)(F)F. The Balaban J connectivity index is 2.92. The molecule has 0 spiro atoms. The number of rotatable bonds is 3. The van der Waals surface area contributed by atoms with Gasteiger partial charge in [-0.05, 0) is 18.6 Å². The Morgan fingerprint density at radius 2 is 2.07 bits per heavy atom. The van der Waals surface area contributed by atoms with Crippen molar-refractivity contribution in [2.24, 2.45) is 0 Å². The second-order valence-corrected chi connectivity index (χ2v) is 3.87. The van der Waals surface area contributed by atoms with Crippen molar-refractivity contribution in [1.29, 1.82) is 0 Å². The Kier molecular flexibility index (Phi) is 3.28. The third kappa shape index (κ3) is 2.84. The minimum Gasteiger partial charge on any atom is -0.381 e. The van der Waals surface area contributed by atoms with E-state index in [1.54, 1.807) is 0 Å². The van der Waals surface area contributed by atoms with E-state index in [0.717, 1.165) is 6.92 Å². The Hall–Kier alpha value is -0.780. The Morgan fingerprint density at radius 1 is 1.47 bits per heavy atom. The van der Waals surface area contributed by atoms with Gasteiger partial charge in [0.25, 0.3) is 0 Å². The molecule has 1 unspecified atom stereocenters. The summed E-state index contributed by atoms with van der Waals surface area (Å²) in [7, 11) is 0. The summed E-state index contributed by atoms with van der Waals surface area (Å²) in [4.78, 5) is 3.67. The number of hydrogen-bond acceptors (Lipinski definition) is 3. The van der Waals surface area contributed by atoms with Crippen molar-refractivity contribution in [3.8, 4) is 0 Å². The van der Waals surface area contributed by atoms with Gasteiger partial charge >= 0.3 is 6.11 Å². The quantitative estimate of drug-likeness (QED) is 0.840. The maximum Gasteiger partial charge on any atom is 0.381 e. The molecule has 1 aromatic heterocycles. The summed E-state index contributed by atoms with van der Waals surface area (Å²) < 4.78 is 25.1. The van der Waals surface area contributed by atoms with E-state index in [2.05, 4.69) is 4.98 Å². The van der Waals surface area contributed by atoms with Crippen LogP contribution in [0.2, 0.25) is 5.02 Å². The highest BCUT2D eigenvalue weighted by Gasteiger charge is 2.47. The first-order chi connectivity index (χ1) is 6.74. The summed E-state index contributed by atoms with van der Waals surface area (Å²) >= 11 is 5.68. The zero-order valence-corrected chi connectivity index (χ0v) is 8.67. The van der Waals surface area contributed by atoms with Gasteiger partial charge in [-0.1, -0.05) is 11.6 Å². The van der Waals surface area contributed by atoms with Gasteiger partial charge in [-0.3, -0.25) is 4.98 Å². The van der Waals surface area contributed by atoms with Gasteiger partial charge in [-0.25, -0.2) is 0 Å². The summed E-state index contributed by atoms with van der Waals surface area (Å²) in [5.74, 6) is 0. The van der Waals surface area contributed by atoms with Crippen LogP contribution in [0.4, 0.5) is 8.78 Å². The normalized spacial score (nSPS) is 16.1. The predicted molar refractivity (Wildman–Crippen MR) is 50.7 cm³/mol. The van der Waals surface area contributed by atoms with Gasteiger partial charge in [-0.2, -0.15) is 8.78 Å². The number of aliphatic hydroxyl groups is 2. The fraction of sp³-hybridized carbons (Fsp3) is 0.444. The molecule has 0 radical (unpaired) electrons. The highest BCUT2D eigenvalue weighted by Crippen LogP contribution is 2.30. The van der Waals surface area contributed by atoms with Gasteiger partial charge < -0.3 is 10.2 Å². The zero-order valence-electron chi connectivity index (χ0n) is 7.91. The fourth-order valence-electron chi connectivity index (χ4n) is 1.02. The molecule has 0 aromatic carbocycles. The van der Waals surface area contributed by atoms with Crippen molar-refractivity contribution >= 4 is 11.6 Å². The first-order valence-electron chi connectivity index (χ1n) is 4.15. The number of pyridine rings is 1. The Labute approximate surface area is 90.3 Å². The van der Waals surface area contributed by atoms with Crippen molar-refractivity contribution in [3.05, 3.63) is 29.0 Å². The zero-order chi connectivity index (χ0) is 11.7. The first-order valence-corrected chi connectivity index (χ1v) is 4.53. The van der Waals surface area contributed by atoms with Crippen molar-refractivity contribution in [3.63, 3.8) is 0 Å². The maximum absolute atomic E-state index is 12.6. The second-order valence-electron chi connectivity index (χ2n) is 3.46. The maximum atomic E-state index is 12.6. The summed E-state index contributed by atoms with van der Waals surface area (Å²) in [5.41, 5.74) is -2.26. The van der Waals surface area contributed by atoms with Crippen LogP contribution in [0, 0.1) is 0 Å². The van der Waals surface area contributed by atoms with Crippen LogP contribution in [0.3, 0.4) is 0 Å². The summed E-state index contributed by atoms with van der Waals surface area (Å²) in [6, 6.07) is 1.41. The van der Waals surface area contributed by atoms with Crippen molar-refractivity contribution < 1.29 is 19.0 Å². The molecule has 0 bridgehead atoms. The van der Waals surface area contributed by atoms with Gasteiger partial charge in [0.05, 0.1) is 5.02 Å². The van der Waals surface area contributed by atoms with E-state index in [0.29, 0.717) is 5.56 Å². The second kappa shape index (κ2) is 4.00. The molecular weight excluding hydrogens is 228 g/mol. The molecule has 0 amide bonds. The van der Waals surface area contributed by atoms with Crippen LogP contribution >= 0.6 is 11.6 Å². The molecule has 0 aliphatic rings.